The minimum absolute atomic E-state index is 0.145. The molecule has 0 spiro atoms. The van der Waals surface area contributed by atoms with Crippen molar-refractivity contribution in [2.24, 2.45) is 0 Å². The van der Waals surface area contributed by atoms with Crippen molar-refractivity contribution in [2.45, 2.75) is 19.8 Å². The van der Waals surface area contributed by atoms with E-state index in [-0.39, 0.29) is 12.4 Å². The highest BCUT2D eigenvalue weighted by molar-refractivity contribution is 6.32. The molecule has 1 N–H and O–H groups in total. The predicted octanol–water partition coefficient (Wildman–Crippen LogP) is 5.04. The molecule has 7 heteroatoms. The van der Waals surface area contributed by atoms with Crippen molar-refractivity contribution in [1.29, 1.82) is 0 Å². The topological polar surface area (TPSA) is 73.9 Å². The van der Waals surface area contributed by atoms with Gasteiger partial charge in [0, 0.05) is 28.3 Å². The molecular formula is C26H24ClNO5. The molecular weight excluding hydrogens is 442 g/mol. The number of esters is 1. The van der Waals surface area contributed by atoms with Gasteiger partial charge in [-0.25, -0.2) is 4.79 Å². The van der Waals surface area contributed by atoms with Crippen LogP contribution in [0.25, 0.3) is 5.70 Å². The Morgan fingerprint density at radius 1 is 1.21 bits per heavy atom. The van der Waals surface area contributed by atoms with Gasteiger partial charge < -0.3 is 19.5 Å². The van der Waals surface area contributed by atoms with Crippen molar-refractivity contribution < 1.29 is 23.8 Å². The molecule has 1 unspecified atom stereocenters. The summed E-state index contributed by atoms with van der Waals surface area (Å²) in [5, 5.41) is 3.57. The number of nitrogens with one attached hydrogen (secondary N) is 1. The second-order valence-electron chi connectivity index (χ2n) is 7.61. The fourth-order valence-electron chi connectivity index (χ4n) is 4.34. The van der Waals surface area contributed by atoms with Crippen LogP contribution in [-0.4, -0.2) is 32.1 Å². The first-order chi connectivity index (χ1) is 15.9. The predicted molar refractivity (Wildman–Crippen MR) is 127 cm³/mol. The lowest BCUT2D eigenvalue weighted by Gasteiger charge is -2.29. The second kappa shape index (κ2) is 9.16. The summed E-state index contributed by atoms with van der Waals surface area (Å²) in [6.07, 6.45) is 1.61. The highest BCUT2D eigenvalue weighted by atomic mass is 35.5. The summed E-state index contributed by atoms with van der Waals surface area (Å²) in [7, 11) is 1.32. The molecule has 2 aromatic rings. The number of halogens is 1. The molecule has 0 saturated carbocycles. The van der Waals surface area contributed by atoms with Gasteiger partial charge in [0.25, 0.3) is 0 Å². The molecule has 1 atom stereocenters. The van der Waals surface area contributed by atoms with Gasteiger partial charge in [0.2, 0.25) is 0 Å². The van der Waals surface area contributed by atoms with Gasteiger partial charge in [-0.3, -0.25) is 4.79 Å². The molecule has 2 aromatic carbocycles. The lowest BCUT2D eigenvalue weighted by atomic mass is 9.79. The summed E-state index contributed by atoms with van der Waals surface area (Å²) in [5.41, 5.74) is 4.12. The summed E-state index contributed by atoms with van der Waals surface area (Å²) in [5.74, 6) is -0.563. The van der Waals surface area contributed by atoms with Crippen molar-refractivity contribution in [2.75, 3.05) is 20.3 Å². The van der Waals surface area contributed by atoms with E-state index in [4.69, 9.17) is 25.8 Å². The Labute approximate surface area is 197 Å². The van der Waals surface area contributed by atoms with Crippen LogP contribution in [0.5, 0.6) is 11.5 Å². The molecule has 0 fully saturated rings. The van der Waals surface area contributed by atoms with Crippen molar-refractivity contribution >= 4 is 29.1 Å². The SMILES string of the molecule is C=CCOc1c(Cl)cc(C2C(C(=O)OC)=C(C)NC3=C2C(=O)c2ccccc23)cc1OCC. The third-order valence-corrected chi connectivity index (χ3v) is 5.95. The molecule has 0 aromatic heterocycles. The number of rotatable bonds is 7. The Morgan fingerprint density at radius 3 is 2.61 bits per heavy atom. The number of hydrogen-bond acceptors (Lipinski definition) is 6. The average molecular weight is 466 g/mol. The van der Waals surface area contributed by atoms with E-state index in [1.165, 1.54) is 7.11 Å². The van der Waals surface area contributed by atoms with Crippen molar-refractivity contribution in [1.82, 2.24) is 5.32 Å². The number of Topliss-reactive ketones (excluding diaryl/α,β-unsaturated/α-hetero) is 1. The second-order valence-corrected chi connectivity index (χ2v) is 8.02. The average Bonchev–Trinajstić information content (AvgIpc) is 3.09. The summed E-state index contributed by atoms with van der Waals surface area (Å²) < 4.78 is 16.6. The molecule has 2 aliphatic rings. The van der Waals surface area contributed by atoms with E-state index in [1.54, 1.807) is 31.2 Å². The van der Waals surface area contributed by atoms with Crippen LogP contribution in [0.2, 0.25) is 5.02 Å². The van der Waals surface area contributed by atoms with E-state index in [9.17, 15) is 9.59 Å². The van der Waals surface area contributed by atoms with Crippen LogP contribution in [0, 0.1) is 0 Å². The zero-order valence-corrected chi connectivity index (χ0v) is 19.4. The van der Waals surface area contributed by atoms with Gasteiger partial charge in [-0.15, -0.1) is 0 Å². The number of methoxy groups -OCH3 is 1. The minimum atomic E-state index is -0.696. The van der Waals surface area contributed by atoms with E-state index >= 15 is 0 Å². The first-order valence-corrected chi connectivity index (χ1v) is 10.9. The lowest BCUT2D eigenvalue weighted by molar-refractivity contribution is -0.136. The van der Waals surface area contributed by atoms with Crippen LogP contribution in [0.15, 0.2) is 65.9 Å². The summed E-state index contributed by atoms with van der Waals surface area (Å²) in [6.45, 7) is 7.94. The van der Waals surface area contributed by atoms with E-state index in [0.717, 1.165) is 5.56 Å². The fraction of sp³-hybridized carbons (Fsp3) is 0.231. The molecule has 4 rings (SSSR count). The Bertz CT molecular complexity index is 1230. The Kier molecular flexibility index (Phi) is 6.29. The van der Waals surface area contributed by atoms with E-state index < -0.39 is 11.9 Å². The molecule has 0 radical (unpaired) electrons. The normalized spacial score (nSPS) is 16.7. The molecule has 6 nitrogen and oxygen atoms in total. The molecule has 1 heterocycles. The van der Waals surface area contributed by atoms with Gasteiger partial charge in [-0.2, -0.15) is 0 Å². The molecule has 33 heavy (non-hydrogen) atoms. The summed E-state index contributed by atoms with van der Waals surface area (Å²) in [6, 6.07) is 10.8. The fourth-order valence-corrected chi connectivity index (χ4v) is 4.62. The number of benzene rings is 2. The van der Waals surface area contributed by atoms with Gasteiger partial charge >= 0.3 is 5.97 Å². The maximum Gasteiger partial charge on any atom is 0.336 e. The summed E-state index contributed by atoms with van der Waals surface area (Å²) in [4.78, 5) is 26.4. The van der Waals surface area contributed by atoms with E-state index in [2.05, 4.69) is 11.9 Å². The van der Waals surface area contributed by atoms with Crippen LogP contribution in [0.1, 0.15) is 41.3 Å². The first kappa shape index (κ1) is 22.7. The zero-order valence-electron chi connectivity index (χ0n) is 18.7. The number of ketones is 1. The smallest absolute Gasteiger partial charge is 0.336 e. The van der Waals surface area contributed by atoms with Crippen LogP contribution in [-0.2, 0) is 9.53 Å². The zero-order chi connectivity index (χ0) is 23.7. The van der Waals surface area contributed by atoms with E-state index in [0.29, 0.717) is 56.8 Å². The molecule has 0 saturated heterocycles. The molecule has 1 aliphatic carbocycles. The Balaban J connectivity index is 1.94. The summed E-state index contributed by atoms with van der Waals surface area (Å²) >= 11 is 6.60. The van der Waals surface area contributed by atoms with Gasteiger partial charge in [-0.05, 0) is 31.5 Å². The number of dihydropyridines is 1. The number of fused-ring (bicyclic) bond motifs is 2. The maximum atomic E-state index is 13.5. The van der Waals surface area contributed by atoms with Crippen LogP contribution < -0.4 is 14.8 Å². The Hall–Kier alpha value is -3.51. The third-order valence-electron chi connectivity index (χ3n) is 5.66. The molecule has 0 bridgehead atoms. The quantitative estimate of drug-likeness (QED) is 0.456. The highest BCUT2D eigenvalue weighted by Crippen LogP contribution is 2.49. The van der Waals surface area contributed by atoms with Crippen molar-refractivity contribution in [3.05, 3.63) is 87.6 Å². The Morgan fingerprint density at radius 2 is 1.94 bits per heavy atom. The van der Waals surface area contributed by atoms with Crippen LogP contribution in [0.4, 0.5) is 0 Å². The largest absolute Gasteiger partial charge is 0.490 e. The standard InChI is InChI=1S/C26H24ClNO5/c1-5-11-33-25-18(27)12-15(13-19(25)32-6-2)21-20(26(30)31-4)14(3)28-23-16-9-7-8-10-17(16)24(29)22(21)23/h5,7-10,12-13,21,28H,1,6,11H2,2-4H3. The number of ether oxygens (including phenoxy) is 3. The number of allylic oxidation sites excluding steroid dienone is 2. The lowest BCUT2D eigenvalue weighted by Crippen LogP contribution is -2.29. The number of carbonyl (C=O) groups excluding carboxylic acids is 2. The highest BCUT2D eigenvalue weighted by Gasteiger charge is 2.43. The van der Waals surface area contributed by atoms with Crippen LogP contribution in [0.3, 0.4) is 0 Å². The minimum Gasteiger partial charge on any atom is -0.490 e. The number of hydrogen-bond donors (Lipinski definition) is 1. The van der Waals surface area contributed by atoms with Crippen molar-refractivity contribution in [3.8, 4) is 11.5 Å². The third kappa shape index (κ3) is 3.80. The molecule has 1 aliphatic heterocycles. The maximum absolute atomic E-state index is 13.5. The van der Waals surface area contributed by atoms with E-state index in [1.807, 2.05) is 25.1 Å². The van der Waals surface area contributed by atoms with Gasteiger partial charge in [0.15, 0.2) is 17.3 Å². The first-order valence-electron chi connectivity index (χ1n) is 10.6. The van der Waals surface area contributed by atoms with Gasteiger partial charge in [-0.1, -0.05) is 48.5 Å². The van der Waals surface area contributed by atoms with Gasteiger partial charge in [0.05, 0.1) is 30.0 Å². The van der Waals surface area contributed by atoms with Crippen LogP contribution >= 0.6 is 11.6 Å². The van der Waals surface area contributed by atoms with Crippen molar-refractivity contribution in [3.63, 3.8) is 0 Å². The molecule has 170 valence electrons. The monoisotopic (exact) mass is 465 g/mol. The van der Waals surface area contributed by atoms with Gasteiger partial charge in [0.1, 0.15) is 6.61 Å². The molecule has 0 amide bonds. The number of carbonyl (C=O) groups is 2.